The summed E-state index contributed by atoms with van der Waals surface area (Å²) in [5.74, 6) is -0.151. The van der Waals surface area contributed by atoms with Gasteiger partial charge in [0, 0.05) is 10.9 Å². The van der Waals surface area contributed by atoms with Gasteiger partial charge in [-0.25, -0.2) is 4.79 Å². The first-order chi connectivity index (χ1) is 16.0. The molecule has 10 heteroatoms. The summed E-state index contributed by atoms with van der Waals surface area (Å²) < 4.78 is 12.5. The average molecular weight is 483 g/mol. The number of carbonyl (C=O) groups excluding carboxylic acids is 2. The Labute approximate surface area is 199 Å². The van der Waals surface area contributed by atoms with Crippen LogP contribution in [0.3, 0.4) is 0 Å². The Balaban J connectivity index is 1.50. The van der Waals surface area contributed by atoms with Crippen molar-refractivity contribution in [2.45, 2.75) is 25.9 Å². The zero-order valence-electron chi connectivity index (χ0n) is 18.3. The number of thiophene rings is 1. The van der Waals surface area contributed by atoms with Crippen molar-refractivity contribution >= 4 is 40.0 Å². The number of esters is 1. The molecule has 8 nitrogen and oxygen atoms in total. The summed E-state index contributed by atoms with van der Waals surface area (Å²) in [5, 5.41) is 13.8. The molecule has 0 bridgehead atoms. The van der Waals surface area contributed by atoms with Crippen LogP contribution in [0.2, 0.25) is 0 Å². The van der Waals surface area contributed by atoms with Crippen molar-refractivity contribution in [3.63, 3.8) is 0 Å². The number of nitrogens with zero attached hydrogens (tertiary/aromatic N) is 3. The Bertz CT molecular complexity index is 1280. The molecule has 0 spiro atoms. The molecule has 0 radical (unpaired) electrons. The lowest BCUT2D eigenvalue weighted by atomic mass is 10.1. The van der Waals surface area contributed by atoms with E-state index < -0.39 is 5.97 Å². The molecule has 0 aliphatic rings. The van der Waals surface area contributed by atoms with Crippen LogP contribution in [0.4, 0.5) is 5.00 Å². The van der Waals surface area contributed by atoms with Crippen molar-refractivity contribution in [2.24, 2.45) is 0 Å². The van der Waals surface area contributed by atoms with Gasteiger partial charge in [0.05, 0.1) is 24.3 Å². The standard InChI is InChI=1S/C23H22N4O4S2/c1-4-30-22(29)20-16(18-6-5-9-31-18)11-32-21(20)25-19(28)12-33-23-26-24-13-27(23)17-8-7-14(2)10-15(17)3/h5-11,13H,4,12H2,1-3H3,(H,25,28). The fraction of sp³-hybridized carbons (Fsp3) is 0.217. The molecular formula is C23H22N4O4S2. The first kappa shape index (κ1) is 22.8. The van der Waals surface area contributed by atoms with E-state index in [1.165, 1.54) is 34.9 Å². The molecule has 4 rings (SSSR count). The highest BCUT2D eigenvalue weighted by atomic mass is 32.2. The van der Waals surface area contributed by atoms with E-state index >= 15 is 0 Å². The number of rotatable bonds is 8. The minimum atomic E-state index is -0.511. The Morgan fingerprint density at radius 2 is 2.12 bits per heavy atom. The molecule has 1 N–H and O–H groups in total. The lowest BCUT2D eigenvalue weighted by Crippen LogP contribution is -2.16. The maximum Gasteiger partial charge on any atom is 0.341 e. The van der Waals surface area contributed by atoms with Crippen molar-refractivity contribution in [3.8, 4) is 17.0 Å². The van der Waals surface area contributed by atoms with E-state index in [-0.39, 0.29) is 23.8 Å². The molecule has 1 aromatic carbocycles. The summed E-state index contributed by atoms with van der Waals surface area (Å²) in [6.07, 6.45) is 3.16. The first-order valence-corrected chi connectivity index (χ1v) is 12.1. The van der Waals surface area contributed by atoms with Crippen LogP contribution in [0.5, 0.6) is 0 Å². The number of aromatic nitrogens is 3. The molecule has 1 amide bonds. The van der Waals surface area contributed by atoms with Crippen LogP contribution in [0.1, 0.15) is 28.4 Å². The number of thioether (sulfide) groups is 1. The van der Waals surface area contributed by atoms with Crippen molar-refractivity contribution in [3.05, 3.63) is 65.0 Å². The van der Waals surface area contributed by atoms with Gasteiger partial charge < -0.3 is 14.5 Å². The second-order valence-corrected chi connectivity index (χ2v) is 8.98. The van der Waals surface area contributed by atoms with Crippen molar-refractivity contribution in [2.75, 3.05) is 17.7 Å². The molecule has 33 heavy (non-hydrogen) atoms. The van der Waals surface area contributed by atoms with Gasteiger partial charge in [-0.1, -0.05) is 29.5 Å². The molecule has 0 unspecified atom stereocenters. The SMILES string of the molecule is CCOC(=O)c1c(-c2ccco2)csc1NC(=O)CSc1nncn1-c1ccc(C)cc1C. The van der Waals surface area contributed by atoms with E-state index in [0.29, 0.717) is 21.5 Å². The van der Waals surface area contributed by atoms with Gasteiger partial charge in [0.1, 0.15) is 22.7 Å². The van der Waals surface area contributed by atoms with Gasteiger partial charge in [-0.05, 0) is 44.5 Å². The summed E-state index contributed by atoms with van der Waals surface area (Å²) in [4.78, 5) is 25.3. The number of anilines is 1. The van der Waals surface area contributed by atoms with Gasteiger partial charge in [-0.3, -0.25) is 9.36 Å². The van der Waals surface area contributed by atoms with E-state index in [0.717, 1.165) is 11.3 Å². The normalized spacial score (nSPS) is 10.9. The maximum atomic E-state index is 12.7. The Hall–Kier alpha value is -3.37. The van der Waals surface area contributed by atoms with Gasteiger partial charge in [0.15, 0.2) is 5.16 Å². The summed E-state index contributed by atoms with van der Waals surface area (Å²) in [7, 11) is 0. The molecule has 0 saturated carbocycles. The number of benzene rings is 1. The zero-order valence-corrected chi connectivity index (χ0v) is 20.0. The predicted molar refractivity (Wildman–Crippen MR) is 128 cm³/mol. The highest BCUT2D eigenvalue weighted by Crippen LogP contribution is 2.36. The fourth-order valence-corrected chi connectivity index (χ4v) is 5.00. The van der Waals surface area contributed by atoms with E-state index in [9.17, 15) is 9.59 Å². The Morgan fingerprint density at radius 1 is 1.27 bits per heavy atom. The van der Waals surface area contributed by atoms with Gasteiger partial charge in [0.25, 0.3) is 0 Å². The van der Waals surface area contributed by atoms with Crippen LogP contribution >= 0.6 is 23.1 Å². The van der Waals surface area contributed by atoms with Crippen LogP contribution < -0.4 is 5.32 Å². The monoisotopic (exact) mass is 482 g/mol. The first-order valence-electron chi connectivity index (χ1n) is 10.2. The van der Waals surface area contributed by atoms with Crippen LogP contribution in [0.25, 0.3) is 17.0 Å². The molecule has 0 aliphatic carbocycles. The molecule has 0 fully saturated rings. The van der Waals surface area contributed by atoms with Crippen LogP contribution in [-0.4, -0.2) is 39.0 Å². The van der Waals surface area contributed by atoms with Crippen LogP contribution in [-0.2, 0) is 9.53 Å². The van der Waals surface area contributed by atoms with Crippen LogP contribution in [0.15, 0.2) is 57.9 Å². The Morgan fingerprint density at radius 3 is 2.85 bits per heavy atom. The van der Waals surface area contributed by atoms with Gasteiger partial charge in [-0.15, -0.1) is 21.5 Å². The second kappa shape index (κ2) is 10.1. The van der Waals surface area contributed by atoms with Crippen molar-refractivity contribution in [1.29, 1.82) is 0 Å². The quantitative estimate of drug-likeness (QED) is 0.275. The highest BCUT2D eigenvalue weighted by molar-refractivity contribution is 7.99. The van der Waals surface area contributed by atoms with Gasteiger partial charge in [0.2, 0.25) is 5.91 Å². The predicted octanol–water partition coefficient (Wildman–Crippen LogP) is 5.11. The fourth-order valence-electron chi connectivity index (χ4n) is 3.33. The molecule has 3 aromatic heterocycles. The third-order valence-electron chi connectivity index (χ3n) is 4.77. The highest BCUT2D eigenvalue weighted by Gasteiger charge is 2.24. The molecule has 0 aliphatic heterocycles. The lowest BCUT2D eigenvalue weighted by Gasteiger charge is -2.10. The second-order valence-electron chi connectivity index (χ2n) is 7.16. The van der Waals surface area contributed by atoms with E-state index in [2.05, 4.69) is 21.6 Å². The third kappa shape index (κ3) is 5.01. The number of furan rings is 1. The number of ether oxygens (including phenoxy) is 1. The molecule has 0 saturated heterocycles. The summed E-state index contributed by atoms with van der Waals surface area (Å²) in [6, 6.07) is 9.61. The average Bonchev–Trinajstić information content (AvgIpc) is 3.53. The largest absolute Gasteiger partial charge is 0.464 e. The minimum absolute atomic E-state index is 0.0971. The van der Waals surface area contributed by atoms with Crippen LogP contribution in [0, 0.1) is 13.8 Å². The molecule has 3 heterocycles. The minimum Gasteiger partial charge on any atom is -0.464 e. The maximum absolute atomic E-state index is 12.7. The van der Waals surface area contributed by atoms with Gasteiger partial charge >= 0.3 is 5.97 Å². The number of nitrogens with one attached hydrogen (secondary N) is 1. The summed E-state index contributed by atoms with van der Waals surface area (Å²) >= 11 is 2.51. The van der Waals surface area contributed by atoms with Crippen molar-refractivity contribution < 1.29 is 18.7 Å². The number of hydrogen-bond donors (Lipinski definition) is 1. The van der Waals surface area contributed by atoms with Crippen molar-refractivity contribution in [1.82, 2.24) is 14.8 Å². The molecular weight excluding hydrogens is 460 g/mol. The van der Waals surface area contributed by atoms with E-state index in [4.69, 9.17) is 9.15 Å². The zero-order chi connectivity index (χ0) is 23.4. The molecule has 4 aromatic rings. The smallest absolute Gasteiger partial charge is 0.341 e. The summed E-state index contributed by atoms with van der Waals surface area (Å²) in [5.41, 5.74) is 4.08. The number of amides is 1. The molecule has 170 valence electrons. The van der Waals surface area contributed by atoms with E-state index in [1.807, 2.05) is 30.5 Å². The number of carbonyl (C=O) groups is 2. The topological polar surface area (TPSA) is 99.2 Å². The van der Waals surface area contributed by atoms with E-state index in [1.54, 1.807) is 30.8 Å². The Kier molecular flexibility index (Phi) is 6.95. The van der Waals surface area contributed by atoms with Gasteiger partial charge in [-0.2, -0.15) is 0 Å². The molecule has 0 atom stereocenters. The lowest BCUT2D eigenvalue weighted by molar-refractivity contribution is -0.113. The number of aryl methyl sites for hydroxylation is 2. The third-order valence-corrected chi connectivity index (χ3v) is 6.61. The number of hydrogen-bond acceptors (Lipinski definition) is 8. The summed E-state index contributed by atoms with van der Waals surface area (Å²) in [6.45, 7) is 6.02.